The van der Waals surface area contributed by atoms with Crippen LogP contribution in [0.25, 0.3) is 5.76 Å². The Morgan fingerprint density at radius 2 is 1.77 bits per heavy atom. The average molecular weight is 497 g/mol. The van der Waals surface area contributed by atoms with Gasteiger partial charge in [-0.1, -0.05) is 12.1 Å². The third-order valence-corrected chi connectivity index (χ3v) is 6.33. The first-order chi connectivity index (χ1) is 16.5. The van der Waals surface area contributed by atoms with E-state index in [1.165, 1.54) is 24.3 Å². The lowest BCUT2D eigenvalue weighted by atomic mass is 9.99. The number of carbonyl (C=O) groups excluding carboxylic acids is 2. The van der Waals surface area contributed by atoms with Crippen LogP contribution in [0.5, 0.6) is 5.75 Å². The summed E-state index contributed by atoms with van der Waals surface area (Å²) in [6.45, 7) is 5.43. The number of hydrogen-bond donors (Lipinski definition) is 2. The smallest absolute Gasteiger partial charge is 0.300 e. The number of carbonyl (C=O) groups is 2. The van der Waals surface area contributed by atoms with E-state index in [-0.39, 0.29) is 33.8 Å². The van der Waals surface area contributed by atoms with E-state index in [2.05, 4.69) is 0 Å². The van der Waals surface area contributed by atoms with Crippen LogP contribution in [0.3, 0.4) is 0 Å². The number of Topliss-reactive ketones (excluding diaryl/α,β-unsaturated/α-hetero) is 1. The second-order valence-electron chi connectivity index (χ2n) is 8.35. The molecule has 2 aromatic carbocycles. The number of aliphatic hydroxyl groups is 1. The molecule has 3 aromatic rings. The molecule has 0 bridgehead atoms. The van der Waals surface area contributed by atoms with E-state index >= 15 is 0 Å². The summed E-state index contributed by atoms with van der Waals surface area (Å²) in [6, 6.07) is 14.0. The molecule has 0 saturated carbocycles. The fraction of sp³-hybridized carbons (Fsp3) is 0.200. The minimum atomic E-state index is -3.95. The van der Waals surface area contributed by atoms with Gasteiger partial charge in [0.05, 0.1) is 16.6 Å². The molecule has 4 rings (SSSR count). The van der Waals surface area contributed by atoms with Crippen LogP contribution in [0, 0.1) is 6.92 Å². The Hall–Kier alpha value is -3.89. The van der Waals surface area contributed by atoms with E-state index in [9.17, 15) is 23.1 Å². The van der Waals surface area contributed by atoms with Gasteiger partial charge in [-0.3, -0.25) is 14.5 Å². The number of primary sulfonamides is 1. The van der Waals surface area contributed by atoms with Crippen molar-refractivity contribution >= 4 is 33.2 Å². The fourth-order valence-corrected chi connectivity index (χ4v) is 4.42. The lowest BCUT2D eigenvalue weighted by Gasteiger charge is -2.23. The van der Waals surface area contributed by atoms with Crippen LogP contribution in [-0.2, 0) is 19.6 Å². The zero-order valence-electron chi connectivity index (χ0n) is 19.3. The standard InChI is InChI=1S/C25H24N2O7S/c1-14(2)33-18-6-4-5-16(13-18)23(28)21-22(20-12-7-15(3)34-20)27(25(30)24(21)29)17-8-10-19(11-9-17)35(26,31)32/h4-14,22,28H,1-3H3,(H2,26,31,32)/b23-21-. The molecule has 0 spiro atoms. The van der Waals surface area contributed by atoms with E-state index in [4.69, 9.17) is 14.3 Å². The molecule has 1 unspecified atom stereocenters. The summed E-state index contributed by atoms with van der Waals surface area (Å²) < 4.78 is 34.7. The third kappa shape index (κ3) is 4.71. The average Bonchev–Trinajstić information content (AvgIpc) is 3.33. The van der Waals surface area contributed by atoms with Crippen molar-refractivity contribution < 1.29 is 32.3 Å². The highest BCUT2D eigenvalue weighted by molar-refractivity contribution is 7.89. The van der Waals surface area contributed by atoms with Crippen LogP contribution in [0.15, 0.2) is 75.5 Å². The third-order valence-electron chi connectivity index (χ3n) is 5.40. The van der Waals surface area contributed by atoms with Gasteiger partial charge < -0.3 is 14.3 Å². The minimum absolute atomic E-state index is 0.107. The normalized spacial score (nSPS) is 17.9. The Balaban J connectivity index is 1.87. The maximum Gasteiger partial charge on any atom is 0.300 e. The summed E-state index contributed by atoms with van der Waals surface area (Å²) in [4.78, 5) is 27.4. The Bertz CT molecular complexity index is 1440. The molecule has 1 aliphatic heterocycles. The van der Waals surface area contributed by atoms with Crippen LogP contribution in [0.1, 0.15) is 37.0 Å². The van der Waals surface area contributed by atoms with Crippen LogP contribution < -0.4 is 14.8 Å². The molecule has 3 N–H and O–H groups in total. The topological polar surface area (TPSA) is 140 Å². The molecule has 2 heterocycles. The molecule has 1 atom stereocenters. The van der Waals surface area contributed by atoms with Crippen LogP contribution in [0.2, 0.25) is 0 Å². The minimum Gasteiger partial charge on any atom is -0.507 e. The van der Waals surface area contributed by atoms with E-state index in [1.807, 2.05) is 13.8 Å². The molecular formula is C25H24N2O7S. The number of sulfonamides is 1. The second kappa shape index (κ2) is 9.05. The van der Waals surface area contributed by atoms with Crippen molar-refractivity contribution in [3.05, 3.63) is 83.3 Å². The number of anilines is 1. The number of benzene rings is 2. The number of furan rings is 1. The predicted molar refractivity (Wildman–Crippen MR) is 128 cm³/mol. The number of aryl methyl sites for hydroxylation is 1. The molecule has 1 aliphatic rings. The molecule has 1 fully saturated rings. The first-order valence-corrected chi connectivity index (χ1v) is 12.3. The van der Waals surface area contributed by atoms with Gasteiger partial charge in [-0.2, -0.15) is 0 Å². The lowest BCUT2D eigenvalue weighted by molar-refractivity contribution is -0.132. The summed E-state index contributed by atoms with van der Waals surface area (Å²) >= 11 is 0. The zero-order valence-corrected chi connectivity index (χ0v) is 20.1. The van der Waals surface area contributed by atoms with E-state index in [0.717, 1.165) is 4.90 Å². The van der Waals surface area contributed by atoms with Crippen molar-refractivity contribution in [3.8, 4) is 5.75 Å². The van der Waals surface area contributed by atoms with Crippen LogP contribution in [-0.4, -0.2) is 31.3 Å². The van der Waals surface area contributed by atoms with Crippen LogP contribution >= 0.6 is 0 Å². The Labute approximate surface area is 202 Å². The summed E-state index contributed by atoms with van der Waals surface area (Å²) in [5.41, 5.74) is 0.357. The fourth-order valence-electron chi connectivity index (χ4n) is 3.91. The quantitative estimate of drug-likeness (QED) is 0.301. The largest absolute Gasteiger partial charge is 0.507 e. The lowest BCUT2D eigenvalue weighted by Crippen LogP contribution is -2.29. The maximum atomic E-state index is 13.2. The molecular weight excluding hydrogens is 472 g/mol. The van der Waals surface area contributed by atoms with Gasteiger partial charge in [-0.05, 0) is 69.3 Å². The van der Waals surface area contributed by atoms with Gasteiger partial charge in [0, 0.05) is 11.3 Å². The SMILES string of the molecule is Cc1ccc(C2/C(=C(/O)c3cccc(OC(C)C)c3)C(=O)C(=O)N2c2ccc(S(N)(=O)=O)cc2)o1. The van der Waals surface area contributed by atoms with E-state index < -0.39 is 27.8 Å². The van der Waals surface area contributed by atoms with Gasteiger partial charge >= 0.3 is 0 Å². The Kier molecular flexibility index (Phi) is 6.27. The first-order valence-electron chi connectivity index (χ1n) is 10.7. The number of nitrogens with two attached hydrogens (primary N) is 1. The maximum absolute atomic E-state index is 13.2. The second-order valence-corrected chi connectivity index (χ2v) is 9.91. The van der Waals surface area contributed by atoms with E-state index in [1.54, 1.807) is 43.3 Å². The van der Waals surface area contributed by atoms with Gasteiger partial charge in [0.15, 0.2) is 0 Å². The molecule has 1 saturated heterocycles. The number of ketones is 1. The Morgan fingerprint density at radius 1 is 1.09 bits per heavy atom. The highest BCUT2D eigenvalue weighted by Crippen LogP contribution is 2.43. The molecule has 1 amide bonds. The van der Waals surface area contributed by atoms with Gasteiger partial charge in [-0.25, -0.2) is 13.6 Å². The zero-order chi connectivity index (χ0) is 25.5. The molecule has 182 valence electrons. The monoisotopic (exact) mass is 496 g/mol. The Morgan fingerprint density at radius 3 is 2.34 bits per heavy atom. The van der Waals surface area contributed by atoms with Gasteiger partial charge in [0.2, 0.25) is 10.0 Å². The molecule has 0 radical (unpaired) electrons. The number of amides is 1. The summed E-state index contributed by atoms with van der Waals surface area (Å²) in [7, 11) is -3.95. The van der Waals surface area contributed by atoms with Crippen molar-refractivity contribution in [3.63, 3.8) is 0 Å². The summed E-state index contributed by atoms with van der Waals surface area (Å²) in [6.07, 6.45) is -0.107. The van der Waals surface area contributed by atoms with Gasteiger partial charge in [0.25, 0.3) is 11.7 Å². The van der Waals surface area contributed by atoms with Crippen molar-refractivity contribution in [1.29, 1.82) is 0 Å². The summed E-state index contributed by atoms with van der Waals surface area (Å²) in [5, 5.41) is 16.4. The number of rotatable bonds is 6. The first kappa shape index (κ1) is 24.2. The number of nitrogens with zero attached hydrogens (tertiary/aromatic N) is 1. The highest BCUT2D eigenvalue weighted by Gasteiger charge is 2.48. The van der Waals surface area contributed by atoms with Crippen molar-refractivity contribution in [1.82, 2.24) is 0 Å². The highest BCUT2D eigenvalue weighted by atomic mass is 32.2. The number of hydrogen-bond acceptors (Lipinski definition) is 7. The van der Waals surface area contributed by atoms with Gasteiger partial charge in [0.1, 0.15) is 29.1 Å². The van der Waals surface area contributed by atoms with Crippen molar-refractivity contribution in [2.24, 2.45) is 5.14 Å². The van der Waals surface area contributed by atoms with Crippen LogP contribution in [0.4, 0.5) is 5.69 Å². The van der Waals surface area contributed by atoms with Crippen molar-refractivity contribution in [2.75, 3.05) is 4.90 Å². The number of ether oxygens (including phenoxy) is 1. The molecule has 0 aliphatic carbocycles. The molecule has 35 heavy (non-hydrogen) atoms. The van der Waals surface area contributed by atoms with Gasteiger partial charge in [-0.15, -0.1) is 0 Å². The molecule has 10 heteroatoms. The predicted octanol–water partition coefficient (Wildman–Crippen LogP) is 3.65. The number of aliphatic hydroxyl groups excluding tert-OH is 1. The van der Waals surface area contributed by atoms with Crippen molar-refractivity contribution in [2.45, 2.75) is 37.8 Å². The summed E-state index contributed by atoms with van der Waals surface area (Å²) in [5.74, 6) is -0.908. The molecule has 9 nitrogen and oxygen atoms in total. The molecule has 1 aromatic heterocycles. The van der Waals surface area contributed by atoms with E-state index in [0.29, 0.717) is 17.1 Å².